The number of aromatic nitrogens is 2. The number of benzene rings is 1. The van der Waals surface area contributed by atoms with E-state index in [1.54, 1.807) is 0 Å². The van der Waals surface area contributed by atoms with E-state index in [9.17, 15) is 0 Å². The monoisotopic (exact) mass is 303 g/mol. The largest absolute Gasteiger partial charge is 0.491 e. The fourth-order valence-electron chi connectivity index (χ4n) is 2.49. The minimum absolute atomic E-state index is 0.176. The highest BCUT2D eigenvalue weighted by molar-refractivity contribution is 5.38. The Hall–Kier alpha value is -2.01. The van der Waals surface area contributed by atoms with Crippen LogP contribution in [0.15, 0.2) is 24.3 Å². The lowest BCUT2D eigenvalue weighted by atomic mass is 10.1. The van der Waals surface area contributed by atoms with Crippen molar-refractivity contribution in [1.82, 2.24) is 9.78 Å². The van der Waals surface area contributed by atoms with Crippen molar-refractivity contribution in [2.24, 2.45) is 5.90 Å². The topological polar surface area (TPSA) is 62.3 Å². The van der Waals surface area contributed by atoms with E-state index < -0.39 is 0 Å². The second kappa shape index (κ2) is 6.83. The molecule has 5 heteroatoms. The molecule has 0 aliphatic rings. The number of nitrogens with two attached hydrogens (primary N) is 1. The molecule has 0 aliphatic carbocycles. The van der Waals surface area contributed by atoms with Gasteiger partial charge in [0.2, 0.25) is 0 Å². The number of hydrogen-bond acceptors (Lipinski definition) is 4. The van der Waals surface area contributed by atoms with Gasteiger partial charge in [-0.3, -0.25) is 4.68 Å². The number of nitrogens with zero attached hydrogens (tertiary/aromatic N) is 2. The first kappa shape index (κ1) is 16.4. The van der Waals surface area contributed by atoms with Crippen LogP contribution in [0.1, 0.15) is 50.6 Å². The predicted octanol–water partition coefficient (Wildman–Crippen LogP) is 3.40. The number of ether oxygens (including phenoxy) is 1. The van der Waals surface area contributed by atoms with E-state index in [0.29, 0.717) is 5.88 Å². The average molecular weight is 303 g/mol. The lowest BCUT2D eigenvalue weighted by molar-refractivity contribution is 0.242. The summed E-state index contributed by atoms with van der Waals surface area (Å²) in [6, 6.07) is 8.36. The summed E-state index contributed by atoms with van der Waals surface area (Å²) < 4.78 is 7.60. The van der Waals surface area contributed by atoms with E-state index in [4.69, 9.17) is 15.5 Å². The summed E-state index contributed by atoms with van der Waals surface area (Å²) in [5.74, 6) is 6.74. The van der Waals surface area contributed by atoms with Crippen LogP contribution >= 0.6 is 0 Å². The van der Waals surface area contributed by atoms with Gasteiger partial charge in [-0.25, -0.2) is 0 Å². The van der Waals surface area contributed by atoms with Crippen LogP contribution in [0, 0.1) is 6.92 Å². The molecule has 0 radical (unpaired) electrons. The van der Waals surface area contributed by atoms with E-state index >= 15 is 0 Å². The molecule has 0 bridgehead atoms. The summed E-state index contributed by atoms with van der Waals surface area (Å²) in [7, 11) is 0. The molecular formula is C17H25N3O2. The molecule has 1 aromatic carbocycles. The zero-order chi connectivity index (χ0) is 16.3. The molecule has 2 rings (SSSR count). The van der Waals surface area contributed by atoms with Gasteiger partial charge in [0.05, 0.1) is 6.10 Å². The van der Waals surface area contributed by atoms with E-state index in [-0.39, 0.29) is 12.1 Å². The third-order valence-corrected chi connectivity index (χ3v) is 3.51. The molecule has 1 aromatic heterocycles. The molecule has 0 saturated heterocycles. The summed E-state index contributed by atoms with van der Waals surface area (Å²) in [5.41, 5.74) is 3.27. The SMILES string of the molecule is Cc1c(Cc2ccc(OC(C)C)cc2)c(ON)nn1C(C)C. The van der Waals surface area contributed by atoms with Crippen LogP contribution in [-0.4, -0.2) is 15.9 Å². The van der Waals surface area contributed by atoms with Gasteiger partial charge in [-0.05, 0) is 52.3 Å². The maximum Gasteiger partial charge on any atom is 0.259 e. The Morgan fingerprint density at radius 2 is 1.77 bits per heavy atom. The van der Waals surface area contributed by atoms with Crippen LogP contribution in [0.3, 0.4) is 0 Å². The molecule has 0 amide bonds. The Balaban J connectivity index is 2.23. The lowest BCUT2D eigenvalue weighted by Crippen LogP contribution is -2.06. The Labute approximate surface area is 132 Å². The van der Waals surface area contributed by atoms with Crippen molar-refractivity contribution >= 4 is 0 Å². The minimum atomic E-state index is 0.176. The van der Waals surface area contributed by atoms with E-state index in [1.165, 1.54) is 5.56 Å². The van der Waals surface area contributed by atoms with Crippen molar-refractivity contribution in [1.29, 1.82) is 0 Å². The number of rotatable bonds is 6. The normalized spacial score (nSPS) is 11.3. The molecule has 1 heterocycles. The van der Waals surface area contributed by atoms with Gasteiger partial charge in [-0.15, -0.1) is 5.10 Å². The predicted molar refractivity (Wildman–Crippen MR) is 87.2 cm³/mol. The summed E-state index contributed by atoms with van der Waals surface area (Å²) in [4.78, 5) is 4.95. The Morgan fingerprint density at radius 1 is 1.14 bits per heavy atom. The zero-order valence-corrected chi connectivity index (χ0v) is 14.0. The molecule has 0 saturated carbocycles. The first-order chi connectivity index (χ1) is 10.4. The Morgan fingerprint density at radius 3 is 2.27 bits per heavy atom. The zero-order valence-electron chi connectivity index (χ0n) is 14.0. The van der Waals surface area contributed by atoms with Gasteiger partial charge >= 0.3 is 0 Å². The van der Waals surface area contributed by atoms with E-state index in [0.717, 1.165) is 23.4 Å². The molecule has 0 atom stereocenters. The fraction of sp³-hybridized carbons (Fsp3) is 0.471. The van der Waals surface area contributed by atoms with E-state index in [1.807, 2.05) is 37.6 Å². The molecule has 2 N–H and O–H groups in total. The first-order valence-corrected chi connectivity index (χ1v) is 7.62. The van der Waals surface area contributed by atoms with Crippen molar-refractivity contribution in [2.75, 3.05) is 0 Å². The Kier molecular flexibility index (Phi) is 5.08. The van der Waals surface area contributed by atoms with Gasteiger partial charge in [-0.2, -0.15) is 5.90 Å². The standard InChI is InChI=1S/C17H25N3O2/c1-11(2)20-13(5)16(17(19-20)22-18)10-14-6-8-15(9-7-14)21-12(3)4/h6-9,11-12H,10,18H2,1-5H3. The first-order valence-electron chi connectivity index (χ1n) is 7.62. The van der Waals surface area contributed by atoms with Crippen molar-refractivity contribution in [3.63, 3.8) is 0 Å². The van der Waals surface area contributed by atoms with Crippen molar-refractivity contribution in [3.05, 3.63) is 41.1 Å². The number of hydrogen-bond donors (Lipinski definition) is 1. The smallest absolute Gasteiger partial charge is 0.259 e. The summed E-state index contributed by atoms with van der Waals surface area (Å²) in [6.07, 6.45) is 0.905. The Bertz CT molecular complexity index is 616. The summed E-state index contributed by atoms with van der Waals surface area (Å²) in [6.45, 7) is 10.2. The fourth-order valence-corrected chi connectivity index (χ4v) is 2.49. The molecule has 0 fully saturated rings. The lowest BCUT2D eigenvalue weighted by Gasteiger charge is -2.10. The van der Waals surface area contributed by atoms with Gasteiger partial charge in [0.1, 0.15) is 5.75 Å². The van der Waals surface area contributed by atoms with Gasteiger partial charge in [0.25, 0.3) is 5.88 Å². The maximum atomic E-state index is 5.66. The van der Waals surface area contributed by atoms with E-state index in [2.05, 4.69) is 31.1 Å². The van der Waals surface area contributed by atoms with Crippen LogP contribution in [0.5, 0.6) is 11.6 Å². The van der Waals surface area contributed by atoms with Gasteiger partial charge in [0.15, 0.2) is 0 Å². The average Bonchev–Trinajstić information content (AvgIpc) is 2.77. The van der Waals surface area contributed by atoms with Crippen molar-refractivity contribution < 1.29 is 9.57 Å². The second-order valence-electron chi connectivity index (χ2n) is 6.01. The van der Waals surface area contributed by atoms with Crippen molar-refractivity contribution in [3.8, 4) is 11.6 Å². The van der Waals surface area contributed by atoms with Gasteiger partial charge < -0.3 is 9.57 Å². The molecule has 2 aromatic rings. The maximum absolute atomic E-state index is 5.66. The van der Waals surface area contributed by atoms with Crippen LogP contribution in [0.4, 0.5) is 0 Å². The third-order valence-electron chi connectivity index (χ3n) is 3.51. The quantitative estimate of drug-likeness (QED) is 0.831. The molecule has 0 aliphatic heterocycles. The molecule has 5 nitrogen and oxygen atoms in total. The molecule has 0 spiro atoms. The molecular weight excluding hydrogens is 278 g/mol. The summed E-state index contributed by atoms with van der Waals surface area (Å²) in [5, 5.41) is 4.43. The highest BCUT2D eigenvalue weighted by Gasteiger charge is 2.17. The van der Waals surface area contributed by atoms with Crippen molar-refractivity contribution in [2.45, 2.75) is 53.2 Å². The summed E-state index contributed by atoms with van der Waals surface area (Å²) >= 11 is 0. The highest BCUT2D eigenvalue weighted by Crippen LogP contribution is 2.26. The second-order valence-corrected chi connectivity index (χ2v) is 6.01. The van der Waals surface area contributed by atoms with Gasteiger partial charge in [-0.1, -0.05) is 12.1 Å². The molecule has 22 heavy (non-hydrogen) atoms. The van der Waals surface area contributed by atoms with Crippen LogP contribution in [0.25, 0.3) is 0 Å². The molecule has 0 unspecified atom stereocenters. The van der Waals surface area contributed by atoms with Crippen LogP contribution in [-0.2, 0) is 6.42 Å². The van der Waals surface area contributed by atoms with Crippen LogP contribution in [0.2, 0.25) is 0 Å². The van der Waals surface area contributed by atoms with Crippen LogP contribution < -0.4 is 15.5 Å². The van der Waals surface area contributed by atoms with Gasteiger partial charge in [0, 0.05) is 23.7 Å². The molecule has 120 valence electrons. The minimum Gasteiger partial charge on any atom is -0.491 e. The third kappa shape index (κ3) is 3.60. The highest BCUT2D eigenvalue weighted by atomic mass is 16.6.